The monoisotopic (exact) mass is 356 g/mol. The van der Waals surface area contributed by atoms with Crippen molar-refractivity contribution in [2.75, 3.05) is 20.6 Å². The van der Waals surface area contributed by atoms with Crippen LogP contribution in [-0.2, 0) is 17.9 Å². The summed E-state index contributed by atoms with van der Waals surface area (Å²) in [6.45, 7) is 4.28. The molecule has 0 radical (unpaired) electrons. The van der Waals surface area contributed by atoms with Crippen molar-refractivity contribution in [1.82, 2.24) is 29.5 Å². The molecule has 1 atom stereocenters. The first-order valence-electron chi connectivity index (χ1n) is 9.28. The fourth-order valence-corrected chi connectivity index (χ4v) is 3.58. The molecule has 1 saturated heterocycles. The van der Waals surface area contributed by atoms with E-state index in [1.54, 1.807) is 6.20 Å². The van der Waals surface area contributed by atoms with E-state index in [4.69, 9.17) is 4.98 Å². The van der Waals surface area contributed by atoms with Gasteiger partial charge in [-0.2, -0.15) is 5.10 Å². The number of rotatable bonds is 7. The Labute approximate surface area is 155 Å². The van der Waals surface area contributed by atoms with Gasteiger partial charge in [0.15, 0.2) is 0 Å². The molecule has 26 heavy (non-hydrogen) atoms. The normalized spacial score (nSPS) is 17.2. The Balaban J connectivity index is 1.69. The molecular weight excluding hydrogens is 328 g/mol. The van der Waals surface area contributed by atoms with E-state index in [0.717, 1.165) is 56.0 Å². The fourth-order valence-electron chi connectivity index (χ4n) is 3.58. The van der Waals surface area contributed by atoms with Gasteiger partial charge in [0.2, 0.25) is 5.91 Å². The van der Waals surface area contributed by atoms with Crippen molar-refractivity contribution in [3.05, 3.63) is 41.7 Å². The van der Waals surface area contributed by atoms with E-state index >= 15 is 0 Å². The third-order valence-electron chi connectivity index (χ3n) is 4.73. The summed E-state index contributed by atoms with van der Waals surface area (Å²) >= 11 is 0. The van der Waals surface area contributed by atoms with Crippen molar-refractivity contribution in [2.45, 2.75) is 51.7 Å². The second kappa shape index (κ2) is 8.40. The molecule has 0 N–H and O–H groups in total. The van der Waals surface area contributed by atoms with E-state index < -0.39 is 0 Å². The fraction of sp³-hybridized carbons (Fsp3) is 0.579. The highest BCUT2D eigenvalue weighted by Crippen LogP contribution is 2.33. The molecule has 0 aliphatic carbocycles. The van der Waals surface area contributed by atoms with Crippen LogP contribution >= 0.6 is 0 Å². The molecule has 1 aliphatic heterocycles. The number of carbonyl (C=O) groups excluding carboxylic acids is 1. The Morgan fingerprint density at radius 3 is 2.96 bits per heavy atom. The molecule has 7 nitrogen and oxygen atoms in total. The Morgan fingerprint density at radius 2 is 2.23 bits per heavy atom. The second-order valence-electron chi connectivity index (χ2n) is 7.18. The molecule has 3 rings (SSSR count). The minimum Gasteiger partial charge on any atom is -0.334 e. The lowest BCUT2D eigenvalue weighted by Crippen LogP contribution is -2.32. The van der Waals surface area contributed by atoms with Crippen LogP contribution < -0.4 is 0 Å². The number of carbonyl (C=O) groups is 1. The predicted octanol–water partition coefficient (Wildman–Crippen LogP) is 2.19. The number of hydrogen-bond donors (Lipinski definition) is 0. The molecule has 1 fully saturated rings. The van der Waals surface area contributed by atoms with Gasteiger partial charge in [-0.3, -0.25) is 9.48 Å². The third-order valence-corrected chi connectivity index (χ3v) is 4.73. The van der Waals surface area contributed by atoms with Gasteiger partial charge in [-0.25, -0.2) is 9.97 Å². The minimum atomic E-state index is 0.0730. The summed E-state index contributed by atoms with van der Waals surface area (Å²) in [6, 6.07) is 1.98. The molecule has 0 saturated carbocycles. The number of amides is 1. The Kier molecular flexibility index (Phi) is 5.98. The summed E-state index contributed by atoms with van der Waals surface area (Å²) in [4.78, 5) is 26.0. The van der Waals surface area contributed by atoms with Gasteiger partial charge in [0.25, 0.3) is 0 Å². The van der Waals surface area contributed by atoms with Crippen LogP contribution in [0.25, 0.3) is 0 Å². The lowest BCUT2D eigenvalue weighted by Gasteiger charge is -2.27. The van der Waals surface area contributed by atoms with E-state index in [1.165, 1.54) is 0 Å². The maximum absolute atomic E-state index is 12.8. The van der Waals surface area contributed by atoms with Gasteiger partial charge in [-0.15, -0.1) is 0 Å². The summed E-state index contributed by atoms with van der Waals surface area (Å²) < 4.78 is 1.87. The minimum absolute atomic E-state index is 0.0730. The zero-order chi connectivity index (χ0) is 18.5. The van der Waals surface area contributed by atoms with Crippen molar-refractivity contribution in [3.63, 3.8) is 0 Å². The predicted molar refractivity (Wildman–Crippen MR) is 99.3 cm³/mol. The molecule has 0 aromatic carbocycles. The van der Waals surface area contributed by atoms with Crippen molar-refractivity contribution in [3.8, 4) is 0 Å². The highest BCUT2D eigenvalue weighted by Gasteiger charge is 2.32. The van der Waals surface area contributed by atoms with Crippen LogP contribution in [0.1, 0.15) is 48.8 Å². The summed E-state index contributed by atoms with van der Waals surface area (Å²) in [7, 11) is 4.08. The first kappa shape index (κ1) is 18.5. The molecule has 7 heteroatoms. The Bertz CT molecular complexity index is 728. The largest absolute Gasteiger partial charge is 0.334 e. The average Bonchev–Trinajstić information content (AvgIpc) is 3.27. The third kappa shape index (κ3) is 4.46. The molecule has 0 unspecified atom stereocenters. The number of aromatic nitrogens is 4. The van der Waals surface area contributed by atoms with Gasteiger partial charge in [0, 0.05) is 50.2 Å². The first-order valence-corrected chi connectivity index (χ1v) is 9.28. The number of aryl methyl sites for hydroxylation is 2. The van der Waals surface area contributed by atoms with Crippen molar-refractivity contribution in [2.24, 2.45) is 0 Å². The average molecular weight is 356 g/mol. The van der Waals surface area contributed by atoms with Gasteiger partial charge in [0.1, 0.15) is 5.82 Å². The van der Waals surface area contributed by atoms with Crippen LogP contribution in [0.2, 0.25) is 0 Å². The van der Waals surface area contributed by atoms with Crippen LogP contribution in [0.5, 0.6) is 0 Å². The van der Waals surface area contributed by atoms with E-state index in [9.17, 15) is 4.79 Å². The van der Waals surface area contributed by atoms with Crippen molar-refractivity contribution in [1.29, 1.82) is 0 Å². The number of likely N-dealkylation sites (tertiary alicyclic amines) is 1. The van der Waals surface area contributed by atoms with Crippen LogP contribution in [-0.4, -0.2) is 56.1 Å². The van der Waals surface area contributed by atoms with E-state index in [-0.39, 0.29) is 11.9 Å². The topological polar surface area (TPSA) is 67.2 Å². The highest BCUT2D eigenvalue weighted by atomic mass is 16.2. The molecule has 1 amide bonds. The van der Waals surface area contributed by atoms with Crippen LogP contribution in [0.4, 0.5) is 0 Å². The molecule has 2 aromatic rings. The van der Waals surface area contributed by atoms with Crippen LogP contribution in [0.15, 0.2) is 24.7 Å². The van der Waals surface area contributed by atoms with Gasteiger partial charge in [-0.1, -0.05) is 0 Å². The Morgan fingerprint density at radius 1 is 1.38 bits per heavy atom. The van der Waals surface area contributed by atoms with Crippen LogP contribution in [0, 0.1) is 6.92 Å². The van der Waals surface area contributed by atoms with E-state index in [0.29, 0.717) is 6.42 Å². The molecule has 140 valence electrons. The second-order valence-corrected chi connectivity index (χ2v) is 7.18. The number of hydrogen-bond acceptors (Lipinski definition) is 5. The quantitative estimate of drug-likeness (QED) is 0.761. The molecular formula is C19H28N6O. The number of nitrogens with zero attached hydrogens (tertiary/aromatic N) is 6. The standard InChI is InChI=1S/C19H28N6O/c1-15-20-13-16(14-23(2)3)19(22-15)17-7-4-12-25(17)18(26)8-5-10-24-11-6-9-21-24/h6,9,11,13,17H,4-5,7-8,10,12,14H2,1-3H3/t17-/m0/s1. The van der Waals surface area contributed by atoms with Crippen molar-refractivity contribution < 1.29 is 4.79 Å². The summed E-state index contributed by atoms with van der Waals surface area (Å²) in [5, 5.41) is 4.19. The van der Waals surface area contributed by atoms with Crippen LogP contribution in [0.3, 0.4) is 0 Å². The lowest BCUT2D eigenvalue weighted by molar-refractivity contribution is -0.132. The molecule has 1 aliphatic rings. The maximum Gasteiger partial charge on any atom is 0.223 e. The zero-order valence-corrected chi connectivity index (χ0v) is 15.9. The van der Waals surface area contributed by atoms with Gasteiger partial charge < -0.3 is 9.80 Å². The van der Waals surface area contributed by atoms with Gasteiger partial charge in [0.05, 0.1) is 11.7 Å². The van der Waals surface area contributed by atoms with E-state index in [1.807, 2.05) is 49.1 Å². The smallest absolute Gasteiger partial charge is 0.223 e. The van der Waals surface area contributed by atoms with E-state index in [2.05, 4.69) is 15.0 Å². The SMILES string of the molecule is Cc1ncc(CN(C)C)c([C@@H]2CCCN2C(=O)CCCn2cccn2)n1. The van der Waals surface area contributed by atoms with Gasteiger partial charge >= 0.3 is 0 Å². The Hall–Kier alpha value is -2.28. The summed E-state index contributed by atoms with van der Waals surface area (Å²) in [5.41, 5.74) is 2.13. The first-order chi connectivity index (χ1) is 12.5. The van der Waals surface area contributed by atoms with Crippen molar-refractivity contribution >= 4 is 5.91 Å². The zero-order valence-electron chi connectivity index (χ0n) is 15.9. The highest BCUT2D eigenvalue weighted by molar-refractivity contribution is 5.77. The molecule has 0 bridgehead atoms. The molecule has 2 aromatic heterocycles. The van der Waals surface area contributed by atoms with Gasteiger partial charge in [-0.05, 0) is 46.3 Å². The summed E-state index contributed by atoms with van der Waals surface area (Å²) in [5.74, 6) is 0.979. The maximum atomic E-state index is 12.8. The molecule has 0 spiro atoms. The lowest BCUT2D eigenvalue weighted by atomic mass is 10.0. The molecule has 3 heterocycles. The summed E-state index contributed by atoms with van der Waals surface area (Å²) in [6.07, 6.45) is 8.96.